The van der Waals surface area contributed by atoms with E-state index in [0.717, 1.165) is 5.56 Å². The largest absolute Gasteiger partial charge is 0.260 e. The first kappa shape index (κ1) is 8.41. The van der Waals surface area contributed by atoms with Crippen LogP contribution in [0.4, 0.5) is 0 Å². The fourth-order valence-corrected chi connectivity index (χ4v) is 5.40. The first-order valence-corrected chi connectivity index (χ1v) is 6.29. The summed E-state index contributed by atoms with van der Waals surface area (Å²) in [5.41, 5.74) is 1.65. The summed E-state index contributed by atoms with van der Waals surface area (Å²) >= 11 is 0. The monoisotopic (exact) mass is 209 g/mol. The number of nitrogens with zero attached hydrogens (tertiary/aromatic N) is 1. The number of sulfone groups is 1. The summed E-state index contributed by atoms with van der Waals surface area (Å²) < 4.78 is 24.0. The molecule has 0 bridgehead atoms. The van der Waals surface area contributed by atoms with Gasteiger partial charge in [0.05, 0.1) is 15.8 Å². The molecule has 0 unspecified atom stereocenters. The van der Waals surface area contributed by atoms with E-state index in [-0.39, 0.29) is 11.2 Å². The van der Waals surface area contributed by atoms with Crippen LogP contribution in [0.25, 0.3) is 0 Å². The normalized spacial score (nSPS) is 36.3. The van der Waals surface area contributed by atoms with Crippen LogP contribution in [0.1, 0.15) is 24.1 Å². The van der Waals surface area contributed by atoms with E-state index in [4.69, 9.17) is 0 Å². The third kappa shape index (κ3) is 0.741. The summed E-state index contributed by atoms with van der Waals surface area (Å²) in [6.07, 6.45) is 1.71. The van der Waals surface area contributed by atoms with Gasteiger partial charge in [-0.2, -0.15) is 0 Å². The molecule has 1 aliphatic carbocycles. The van der Waals surface area contributed by atoms with Crippen molar-refractivity contribution in [1.82, 2.24) is 4.98 Å². The maximum atomic E-state index is 12.0. The van der Waals surface area contributed by atoms with Gasteiger partial charge in [0.1, 0.15) is 0 Å². The summed E-state index contributed by atoms with van der Waals surface area (Å²) in [4.78, 5) is 4.55. The molecule has 3 atom stereocenters. The Kier molecular flexibility index (Phi) is 1.31. The van der Waals surface area contributed by atoms with Gasteiger partial charge < -0.3 is 0 Å². The number of hydrogen-bond acceptors (Lipinski definition) is 3. The lowest BCUT2D eigenvalue weighted by Crippen LogP contribution is -2.09. The van der Waals surface area contributed by atoms with Crippen molar-refractivity contribution in [3.8, 4) is 0 Å². The van der Waals surface area contributed by atoms with Gasteiger partial charge in [-0.1, -0.05) is 6.92 Å². The Morgan fingerprint density at radius 2 is 2.14 bits per heavy atom. The lowest BCUT2D eigenvalue weighted by molar-refractivity contribution is 0.592. The van der Waals surface area contributed by atoms with E-state index < -0.39 is 9.84 Å². The van der Waals surface area contributed by atoms with Gasteiger partial charge in [0, 0.05) is 12.1 Å². The van der Waals surface area contributed by atoms with Gasteiger partial charge in [0.2, 0.25) is 0 Å². The number of aromatic nitrogens is 1. The van der Waals surface area contributed by atoms with Crippen molar-refractivity contribution in [2.75, 3.05) is 0 Å². The molecule has 0 radical (unpaired) electrons. The van der Waals surface area contributed by atoms with Crippen LogP contribution < -0.4 is 0 Å². The zero-order chi connectivity index (χ0) is 10.1. The Labute approximate surface area is 83.1 Å². The quantitative estimate of drug-likeness (QED) is 0.646. The fourth-order valence-electron chi connectivity index (χ4n) is 2.70. The molecule has 0 aromatic carbocycles. The molecule has 3 nitrogen and oxygen atoms in total. The molecule has 0 amide bonds. The maximum absolute atomic E-state index is 12.0. The molecule has 1 saturated carbocycles. The molecule has 1 aliphatic heterocycles. The molecule has 2 heterocycles. The van der Waals surface area contributed by atoms with E-state index in [9.17, 15) is 8.42 Å². The molecule has 74 valence electrons. The average Bonchev–Trinajstić information content (AvgIpc) is 2.68. The van der Waals surface area contributed by atoms with Crippen molar-refractivity contribution >= 4 is 9.84 Å². The molecule has 1 aromatic rings. The highest BCUT2D eigenvalue weighted by Gasteiger charge is 2.63. The Balaban J connectivity index is 2.37. The minimum Gasteiger partial charge on any atom is -0.260 e. The fraction of sp³-hybridized carbons (Fsp3) is 0.500. The first-order chi connectivity index (χ1) is 6.55. The molecular formula is C10H11NO2S. The topological polar surface area (TPSA) is 47.0 Å². The lowest BCUT2D eigenvalue weighted by Gasteiger charge is -2.06. The second-order valence-corrected chi connectivity index (χ2v) is 6.25. The molecule has 4 heteroatoms. The molecule has 1 aromatic heterocycles. The third-order valence-corrected chi connectivity index (χ3v) is 5.95. The van der Waals surface area contributed by atoms with Crippen LogP contribution >= 0.6 is 0 Å². The first-order valence-electron chi connectivity index (χ1n) is 4.74. The van der Waals surface area contributed by atoms with Gasteiger partial charge in [-0.3, -0.25) is 4.98 Å². The summed E-state index contributed by atoms with van der Waals surface area (Å²) in [5, 5.41) is -0.152. The SMILES string of the molecule is Cc1nccc2c1S(=O)(=O)[C@H]1[C@H](C)[C@@H]21. The highest BCUT2D eigenvalue weighted by Crippen LogP contribution is 2.61. The molecule has 1 fully saturated rings. The van der Waals surface area contributed by atoms with Gasteiger partial charge in [-0.15, -0.1) is 0 Å². The van der Waals surface area contributed by atoms with Gasteiger partial charge >= 0.3 is 0 Å². The molecule has 3 rings (SSSR count). The van der Waals surface area contributed by atoms with E-state index in [1.54, 1.807) is 13.1 Å². The summed E-state index contributed by atoms with van der Waals surface area (Å²) in [6, 6.07) is 1.86. The molecular weight excluding hydrogens is 198 g/mol. The smallest absolute Gasteiger partial charge is 0.184 e. The molecule has 14 heavy (non-hydrogen) atoms. The highest BCUT2D eigenvalue weighted by molar-refractivity contribution is 7.92. The third-order valence-electron chi connectivity index (χ3n) is 3.41. The van der Waals surface area contributed by atoms with E-state index in [0.29, 0.717) is 16.5 Å². The van der Waals surface area contributed by atoms with Crippen molar-refractivity contribution in [2.24, 2.45) is 5.92 Å². The predicted molar refractivity (Wildman–Crippen MR) is 51.9 cm³/mol. The zero-order valence-corrected chi connectivity index (χ0v) is 8.88. The van der Waals surface area contributed by atoms with Crippen molar-refractivity contribution in [1.29, 1.82) is 0 Å². The Morgan fingerprint density at radius 1 is 1.43 bits per heavy atom. The maximum Gasteiger partial charge on any atom is 0.184 e. The summed E-state index contributed by atoms with van der Waals surface area (Å²) in [5.74, 6) is 0.547. The van der Waals surface area contributed by atoms with E-state index in [1.807, 2.05) is 13.0 Å². The highest BCUT2D eigenvalue weighted by atomic mass is 32.2. The van der Waals surface area contributed by atoms with Crippen LogP contribution in [0.3, 0.4) is 0 Å². The second kappa shape index (κ2) is 2.19. The Bertz CT molecular complexity index is 521. The van der Waals surface area contributed by atoms with Crippen LogP contribution in [0.2, 0.25) is 0 Å². The molecule has 0 N–H and O–H groups in total. The number of fused-ring (bicyclic) bond motifs is 3. The lowest BCUT2D eigenvalue weighted by atomic mass is 10.1. The minimum atomic E-state index is -3.05. The number of aryl methyl sites for hydroxylation is 1. The minimum absolute atomic E-state index is 0.152. The van der Waals surface area contributed by atoms with Gasteiger partial charge in [-0.25, -0.2) is 8.42 Å². The predicted octanol–water partition coefficient (Wildman–Crippen LogP) is 1.28. The van der Waals surface area contributed by atoms with Crippen LogP contribution in [-0.2, 0) is 9.84 Å². The average molecular weight is 209 g/mol. The van der Waals surface area contributed by atoms with E-state index in [1.165, 1.54) is 0 Å². The van der Waals surface area contributed by atoms with Gasteiger partial charge in [0.15, 0.2) is 9.84 Å². The molecule has 2 aliphatic rings. The number of hydrogen-bond donors (Lipinski definition) is 0. The van der Waals surface area contributed by atoms with Crippen LogP contribution in [0.15, 0.2) is 17.2 Å². The van der Waals surface area contributed by atoms with Crippen molar-refractivity contribution in [3.63, 3.8) is 0 Å². The molecule has 0 spiro atoms. The second-order valence-electron chi connectivity index (χ2n) is 4.21. The Hall–Kier alpha value is -0.900. The van der Waals surface area contributed by atoms with Crippen LogP contribution in [-0.4, -0.2) is 18.7 Å². The van der Waals surface area contributed by atoms with Crippen molar-refractivity contribution in [2.45, 2.75) is 29.9 Å². The van der Waals surface area contributed by atoms with E-state index in [2.05, 4.69) is 4.98 Å². The van der Waals surface area contributed by atoms with Crippen LogP contribution in [0, 0.1) is 12.8 Å². The standard InChI is InChI=1S/C10H11NO2S/c1-5-8-7-3-4-11-6(2)10(7)14(12,13)9(5)8/h3-5,8-9H,1-2H3/t5-,8+,9+/m1/s1. The number of rotatable bonds is 0. The number of pyridine rings is 1. The summed E-state index contributed by atoms with van der Waals surface area (Å²) in [6.45, 7) is 3.78. The van der Waals surface area contributed by atoms with Crippen molar-refractivity contribution < 1.29 is 8.42 Å². The van der Waals surface area contributed by atoms with Crippen molar-refractivity contribution in [3.05, 3.63) is 23.5 Å². The summed E-state index contributed by atoms with van der Waals surface area (Å²) in [7, 11) is -3.05. The van der Waals surface area contributed by atoms with E-state index >= 15 is 0 Å². The Morgan fingerprint density at radius 3 is 2.86 bits per heavy atom. The van der Waals surface area contributed by atoms with Gasteiger partial charge in [-0.05, 0) is 24.5 Å². The van der Waals surface area contributed by atoms with Gasteiger partial charge in [0.25, 0.3) is 0 Å². The van der Waals surface area contributed by atoms with Crippen LogP contribution in [0.5, 0.6) is 0 Å². The molecule has 0 saturated heterocycles. The zero-order valence-electron chi connectivity index (χ0n) is 8.06.